The normalized spacial score (nSPS) is 20.6. The van der Waals surface area contributed by atoms with Gasteiger partial charge in [-0.25, -0.2) is 4.98 Å². The van der Waals surface area contributed by atoms with Crippen molar-refractivity contribution >= 4 is 11.8 Å². The van der Waals surface area contributed by atoms with Gasteiger partial charge >= 0.3 is 0 Å². The lowest BCUT2D eigenvalue weighted by molar-refractivity contribution is 0.421. The van der Waals surface area contributed by atoms with E-state index in [0.29, 0.717) is 4.75 Å². The van der Waals surface area contributed by atoms with E-state index >= 15 is 0 Å². The molecule has 0 aliphatic heterocycles. The zero-order valence-electron chi connectivity index (χ0n) is 8.70. The number of hydrogen-bond acceptors (Lipinski definition) is 2. The van der Waals surface area contributed by atoms with Crippen LogP contribution >= 0.6 is 11.8 Å². The molecule has 0 radical (unpaired) electrons. The van der Waals surface area contributed by atoms with E-state index in [1.807, 2.05) is 24.0 Å². The SMILES string of the molecule is CC1(Sc2ccccn2)CCCCC1. The summed E-state index contributed by atoms with van der Waals surface area (Å²) in [6.45, 7) is 2.38. The average Bonchev–Trinajstić information content (AvgIpc) is 2.19. The third kappa shape index (κ3) is 2.50. The molecule has 0 aromatic carbocycles. The molecule has 1 nitrogen and oxygen atoms in total. The van der Waals surface area contributed by atoms with Gasteiger partial charge in [0.15, 0.2) is 0 Å². The third-order valence-electron chi connectivity index (χ3n) is 2.90. The fourth-order valence-corrected chi connectivity index (χ4v) is 3.32. The predicted molar refractivity (Wildman–Crippen MR) is 61.6 cm³/mol. The Bertz CT molecular complexity index is 278. The number of rotatable bonds is 2. The summed E-state index contributed by atoms with van der Waals surface area (Å²) in [7, 11) is 0. The zero-order valence-corrected chi connectivity index (χ0v) is 9.52. The van der Waals surface area contributed by atoms with Gasteiger partial charge in [0, 0.05) is 10.9 Å². The topological polar surface area (TPSA) is 12.9 Å². The molecule has 2 rings (SSSR count). The molecule has 0 N–H and O–H groups in total. The van der Waals surface area contributed by atoms with Crippen molar-refractivity contribution < 1.29 is 0 Å². The quantitative estimate of drug-likeness (QED) is 0.729. The summed E-state index contributed by atoms with van der Waals surface area (Å²) < 4.78 is 0.437. The molecule has 0 saturated heterocycles. The molecule has 1 aliphatic carbocycles. The van der Waals surface area contributed by atoms with Gasteiger partial charge in [-0.1, -0.05) is 44.0 Å². The molecule has 0 amide bonds. The highest BCUT2D eigenvalue weighted by atomic mass is 32.2. The first kappa shape index (κ1) is 10.0. The second kappa shape index (κ2) is 4.35. The average molecular weight is 207 g/mol. The summed E-state index contributed by atoms with van der Waals surface area (Å²) in [4.78, 5) is 4.38. The van der Waals surface area contributed by atoms with Gasteiger partial charge in [-0.2, -0.15) is 0 Å². The molecule has 0 spiro atoms. The summed E-state index contributed by atoms with van der Waals surface area (Å²) in [6, 6.07) is 6.17. The van der Waals surface area contributed by atoms with Crippen LogP contribution in [0.15, 0.2) is 29.4 Å². The lowest BCUT2D eigenvalue weighted by Crippen LogP contribution is -2.23. The van der Waals surface area contributed by atoms with Crippen LogP contribution in [-0.4, -0.2) is 9.73 Å². The van der Waals surface area contributed by atoms with Gasteiger partial charge in [0.25, 0.3) is 0 Å². The van der Waals surface area contributed by atoms with Gasteiger partial charge in [-0.3, -0.25) is 0 Å². The Morgan fingerprint density at radius 1 is 1.21 bits per heavy atom. The van der Waals surface area contributed by atoms with E-state index in [0.717, 1.165) is 0 Å². The first-order valence-electron chi connectivity index (χ1n) is 5.39. The molecule has 1 aliphatic rings. The molecule has 1 aromatic heterocycles. The van der Waals surface area contributed by atoms with Crippen LogP contribution in [0.25, 0.3) is 0 Å². The van der Waals surface area contributed by atoms with Gasteiger partial charge in [0.1, 0.15) is 0 Å². The van der Waals surface area contributed by atoms with E-state index in [2.05, 4.69) is 24.0 Å². The predicted octanol–water partition coefficient (Wildman–Crippen LogP) is 3.90. The second-order valence-electron chi connectivity index (χ2n) is 4.28. The van der Waals surface area contributed by atoms with Crippen molar-refractivity contribution in [2.75, 3.05) is 0 Å². The lowest BCUT2D eigenvalue weighted by Gasteiger charge is -2.32. The smallest absolute Gasteiger partial charge is 0.0965 e. The fourth-order valence-electron chi connectivity index (χ4n) is 2.06. The van der Waals surface area contributed by atoms with Crippen LogP contribution in [0.1, 0.15) is 39.0 Å². The zero-order chi connectivity index (χ0) is 9.86. The van der Waals surface area contributed by atoms with Crippen LogP contribution < -0.4 is 0 Å². The molecular formula is C12H17NS. The van der Waals surface area contributed by atoms with Crippen molar-refractivity contribution in [2.45, 2.75) is 48.8 Å². The van der Waals surface area contributed by atoms with Crippen molar-refractivity contribution in [1.82, 2.24) is 4.98 Å². The van der Waals surface area contributed by atoms with Crippen LogP contribution in [0.2, 0.25) is 0 Å². The van der Waals surface area contributed by atoms with Gasteiger partial charge < -0.3 is 0 Å². The molecular weight excluding hydrogens is 190 g/mol. The lowest BCUT2D eigenvalue weighted by atomic mass is 9.90. The first-order valence-corrected chi connectivity index (χ1v) is 6.20. The summed E-state index contributed by atoms with van der Waals surface area (Å²) in [5, 5.41) is 1.18. The molecule has 1 saturated carbocycles. The Morgan fingerprint density at radius 2 is 2.00 bits per heavy atom. The van der Waals surface area contributed by atoms with E-state index in [-0.39, 0.29) is 0 Å². The monoisotopic (exact) mass is 207 g/mol. The van der Waals surface area contributed by atoms with Crippen LogP contribution in [0.3, 0.4) is 0 Å². The Hall–Kier alpha value is -0.500. The van der Waals surface area contributed by atoms with Crippen LogP contribution in [0.5, 0.6) is 0 Å². The molecule has 0 bridgehead atoms. The van der Waals surface area contributed by atoms with Gasteiger partial charge in [0.05, 0.1) is 5.03 Å². The summed E-state index contributed by atoms with van der Waals surface area (Å²) in [6.07, 6.45) is 8.75. The van der Waals surface area contributed by atoms with E-state index in [1.165, 1.54) is 37.1 Å². The minimum Gasteiger partial charge on any atom is -0.250 e. The molecule has 14 heavy (non-hydrogen) atoms. The van der Waals surface area contributed by atoms with Crippen molar-refractivity contribution in [3.05, 3.63) is 24.4 Å². The standard InChI is InChI=1S/C12H17NS/c1-12(8-4-2-5-9-12)14-11-7-3-6-10-13-11/h3,6-7,10H,2,4-5,8-9H2,1H3. The van der Waals surface area contributed by atoms with Crippen molar-refractivity contribution in [1.29, 1.82) is 0 Å². The summed E-state index contributed by atoms with van der Waals surface area (Å²) >= 11 is 1.96. The fraction of sp³-hybridized carbons (Fsp3) is 0.583. The Balaban J connectivity index is 2.02. The van der Waals surface area contributed by atoms with E-state index in [1.54, 1.807) is 0 Å². The Morgan fingerprint density at radius 3 is 2.64 bits per heavy atom. The highest BCUT2D eigenvalue weighted by molar-refractivity contribution is 8.00. The van der Waals surface area contributed by atoms with Crippen LogP contribution in [0.4, 0.5) is 0 Å². The van der Waals surface area contributed by atoms with E-state index < -0.39 is 0 Å². The molecule has 0 unspecified atom stereocenters. The first-order chi connectivity index (χ1) is 6.79. The van der Waals surface area contributed by atoms with Crippen LogP contribution in [-0.2, 0) is 0 Å². The molecule has 1 heterocycles. The largest absolute Gasteiger partial charge is 0.250 e. The maximum atomic E-state index is 4.38. The minimum absolute atomic E-state index is 0.437. The van der Waals surface area contributed by atoms with Gasteiger partial charge in [0.2, 0.25) is 0 Å². The molecule has 0 atom stereocenters. The number of thioether (sulfide) groups is 1. The molecule has 76 valence electrons. The Kier molecular flexibility index (Phi) is 3.12. The summed E-state index contributed by atoms with van der Waals surface area (Å²) in [5.74, 6) is 0. The van der Waals surface area contributed by atoms with E-state index in [4.69, 9.17) is 0 Å². The molecule has 1 aromatic rings. The maximum absolute atomic E-state index is 4.38. The molecule has 1 fully saturated rings. The minimum atomic E-state index is 0.437. The maximum Gasteiger partial charge on any atom is 0.0965 e. The third-order valence-corrected chi connectivity index (χ3v) is 4.25. The highest BCUT2D eigenvalue weighted by Crippen LogP contribution is 2.42. The number of hydrogen-bond donors (Lipinski definition) is 0. The van der Waals surface area contributed by atoms with Gasteiger partial charge in [-0.15, -0.1) is 0 Å². The van der Waals surface area contributed by atoms with E-state index in [9.17, 15) is 0 Å². The van der Waals surface area contributed by atoms with Crippen molar-refractivity contribution in [2.24, 2.45) is 0 Å². The number of pyridine rings is 1. The summed E-state index contributed by atoms with van der Waals surface area (Å²) in [5.41, 5.74) is 0. The highest BCUT2D eigenvalue weighted by Gasteiger charge is 2.28. The van der Waals surface area contributed by atoms with Crippen LogP contribution in [0, 0.1) is 0 Å². The van der Waals surface area contributed by atoms with Crippen molar-refractivity contribution in [3.8, 4) is 0 Å². The van der Waals surface area contributed by atoms with Crippen molar-refractivity contribution in [3.63, 3.8) is 0 Å². The number of nitrogens with zero attached hydrogens (tertiary/aromatic N) is 1. The molecule has 2 heteroatoms. The second-order valence-corrected chi connectivity index (χ2v) is 5.89. The Labute approximate surface area is 90.3 Å². The number of aromatic nitrogens is 1. The van der Waals surface area contributed by atoms with Gasteiger partial charge in [-0.05, 0) is 25.0 Å².